The highest BCUT2D eigenvalue weighted by Crippen LogP contribution is 2.27. The Hall–Kier alpha value is -3.63. The second-order valence-corrected chi connectivity index (χ2v) is 11.8. The fourth-order valence-corrected chi connectivity index (χ4v) is 5.25. The molecule has 0 atom stereocenters. The quantitative estimate of drug-likeness (QED) is 0.382. The summed E-state index contributed by atoms with van der Waals surface area (Å²) in [7, 11) is -1.81. The van der Waals surface area contributed by atoms with Gasteiger partial charge in [0, 0.05) is 55.3 Å². The Morgan fingerprint density at radius 1 is 1.11 bits per heavy atom. The van der Waals surface area contributed by atoms with Gasteiger partial charge in [0.15, 0.2) is 0 Å². The lowest BCUT2D eigenvalue weighted by atomic mass is 10.1. The number of piperidine rings is 1. The zero-order chi connectivity index (χ0) is 26.2. The number of anilines is 4. The number of nitrogens with one attached hydrogen (secondary N) is 1. The molecule has 1 fully saturated rings. The van der Waals surface area contributed by atoms with Gasteiger partial charge in [-0.2, -0.15) is 4.98 Å². The number of hydrogen-bond donors (Lipinski definition) is 2. The lowest BCUT2D eigenvalue weighted by Crippen LogP contribution is -2.39. The van der Waals surface area contributed by atoms with Crippen molar-refractivity contribution < 1.29 is 8.42 Å². The summed E-state index contributed by atoms with van der Waals surface area (Å²) in [4.78, 5) is 11.6. The van der Waals surface area contributed by atoms with Crippen molar-refractivity contribution in [2.75, 3.05) is 40.9 Å². The van der Waals surface area contributed by atoms with Crippen molar-refractivity contribution in [2.45, 2.75) is 32.4 Å². The molecule has 194 valence electrons. The Morgan fingerprint density at radius 2 is 1.84 bits per heavy atom. The molecule has 37 heavy (non-hydrogen) atoms. The predicted molar refractivity (Wildman–Crippen MR) is 150 cm³/mol. The first-order valence-electron chi connectivity index (χ1n) is 12.4. The van der Waals surface area contributed by atoms with Gasteiger partial charge in [-0.05, 0) is 61.7 Å². The Morgan fingerprint density at radius 3 is 2.54 bits per heavy atom. The van der Waals surface area contributed by atoms with Crippen molar-refractivity contribution in [2.24, 2.45) is 5.73 Å². The van der Waals surface area contributed by atoms with Crippen LogP contribution in [0.15, 0.2) is 60.9 Å². The van der Waals surface area contributed by atoms with Crippen molar-refractivity contribution in [3.63, 3.8) is 0 Å². The van der Waals surface area contributed by atoms with E-state index in [1.54, 1.807) is 13.2 Å². The molecule has 1 aliphatic rings. The van der Waals surface area contributed by atoms with Gasteiger partial charge in [-0.15, -0.1) is 0 Å². The van der Waals surface area contributed by atoms with Crippen molar-refractivity contribution in [1.29, 1.82) is 0 Å². The molecule has 10 heteroatoms. The molecule has 0 spiro atoms. The summed E-state index contributed by atoms with van der Waals surface area (Å²) in [5.41, 5.74) is 11.5. The summed E-state index contributed by atoms with van der Waals surface area (Å²) in [6.45, 7) is 4.43. The molecule has 9 nitrogen and oxygen atoms in total. The van der Waals surface area contributed by atoms with Crippen LogP contribution in [0.3, 0.4) is 0 Å². The first-order valence-corrected chi connectivity index (χ1v) is 14.2. The molecule has 5 rings (SSSR count). The van der Waals surface area contributed by atoms with E-state index >= 15 is 0 Å². The van der Waals surface area contributed by atoms with Crippen molar-refractivity contribution in [3.8, 4) is 0 Å². The first kappa shape index (κ1) is 25.0. The summed E-state index contributed by atoms with van der Waals surface area (Å²) in [5.74, 6) is 0.502. The number of nitrogens with zero attached hydrogens (tertiary/aromatic N) is 5. The van der Waals surface area contributed by atoms with Crippen LogP contribution < -0.4 is 20.3 Å². The maximum absolute atomic E-state index is 12.2. The van der Waals surface area contributed by atoms with Crippen LogP contribution in [0.2, 0.25) is 0 Å². The van der Waals surface area contributed by atoms with E-state index < -0.39 is 10.0 Å². The zero-order valence-corrected chi connectivity index (χ0v) is 22.2. The Bertz CT molecular complexity index is 1510. The van der Waals surface area contributed by atoms with E-state index in [0.717, 1.165) is 53.8 Å². The van der Waals surface area contributed by atoms with Crippen molar-refractivity contribution >= 4 is 44.1 Å². The third-order valence-corrected chi connectivity index (χ3v) is 8.13. The smallest absolute Gasteiger partial charge is 0.232 e. The number of fused-ring (bicyclic) bond motifs is 1. The third-order valence-electron chi connectivity index (χ3n) is 6.94. The van der Waals surface area contributed by atoms with Gasteiger partial charge in [-0.25, -0.2) is 13.4 Å². The third kappa shape index (κ3) is 5.55. The van der Waals surface area contributed by atoms with E-state index in [1.165, 1.54) is 16.2 Å². The van der Waals surface area contributed by atoms with Crippen LogP contribution in [-0.4, -0.2) is 55.4 Å². The first-order chi connectivity index (χ1) is 17.7. The topological polar surface area (TPSA) is 109 Å². The SMILES string of the molecule is Cc1ccc(N(C)S(C)(=O)=O)c(Cn2ccc3cnc(Nc4ccc(N5CCC(N)CC5)cc4)nc32)c1. The summed E-state index contributed by atoms with van der Waals surface area (Å²) in [6, 6.07) is 16.4. The van der Waals surface area contributed by atoms with Crippen LogP contribution in [0, 0.1) is 6.92 Å². The predicted octanol–water partition coefficient (Wildman–Crippen LogP) is 3.85. The lowest BCUT2D eigenvalue weighted by Gasteiger charge is -2.32. The molecule has 2 aromatic heterocycles. The molecule has 1 saturated heterocycles. The van der Waals surface area contributed by atoms with Gasteiger partial charge in [-0.1, -0.05) is 17.7 Å². The van der Waals surface area contributed by atoms with Crippen LogP contribution >= 0.6 is 0 Å². The molecule has 0 radical (unpaired) electrons. The van der Waals surface area contributed by atoms with Gasteiger partial charge >= 0.3 is 0 Å². The van der Waals surface area contributed by atoms with E-state index in [0.29, 0.717) is 24.2 Å². The highest BCUT2D eigenvalue weighted by Gasteiger charge is 2.18. The van der Waals surface area contributed by atoms with Crippen LogP contribution in [0.25, 0.3) is 11.0 Å². The molecule has 4 aromatic rings. The minimum absolute atomic E-state index is 0.307. The van der Waals surface area contributed by atoms with Crippen LogP contribution in [0.4, 0.5) is 23.0 Å². The number of aromatic nitrogens is 3. The van der Waals surface area contributed by atoms with Gasteiger partial charge in [0.1, 0.15) is 5.65 Å². The van der Waals surface area contributed by atoms with Crippen molar-refractivity contribution in [1.82, 2.24) is 14.5 Å². The standard InChI is InChI=1S/C27H33N7O2S/c1-19-4-9-25(32(2)37(3,35)36)21(16-19)18-34-13-10-20-17-29-27(31-26(20)34)30-23-5-7-24(8-6-23)33-14-11-22(28)12-15-33/h4-10,13,16-17,22H,11-12,14-15,18,28H2,1-3H3,(H,29,30,31). The largest absolute Gasteiger partial charge is 0.371 e. The number of benzene rings is 2. The number of hydrogen-bond acceptors (Lipinski definition) is 7. The average Bonchev–Trinajstić information content (AvgIpc) is 3.26. The fraction of sp³-hybridized carbons (Fsp3) is 0.333. The van der Waals surface area contributed by atoms with Gasteiger partial charge in [0.25, 0.3) is 0 Å². The fourth-order valence-electron chi connectivity index (χ4n) is 4.71. The number of aryl methyl sites for hydroxylation is 1. The normalized spacial score (nSPS) is 14.8. The van der Waals surface area contributed by atoms with Crippen LogP contribution in [0.1, 0.15) is 24.0 Å². The van der Waals surface area contributed by atoms with Crippen LogP contribution in [0.5, 0.6) is 0 Å². The Balaban J connectivity index is 1.37. The monoisotopic (exact) mass is 519 g/mol. The van der Waals surface area contributed by atoms with Gasteiger partial charge in [-0.3, -0.25) is 4.31 Å². The molecule has 3 heterocycles. The average molecular weight is 520 g/mol. The van der Waals surface area contributed by atoms with E-state index in [2.05, 4.69) is 27.3 Å². The molecule has 0 bridgehead atoms. The van der Waals surface area contributed by atoms with Crippen LogP contribution in [-0.2, 0) is 16.6 Å². The van der Waals surface area contributed by atoms with E-state index in [4.69, 9.17) is 10.7 Å². The van der Waals surface area contributed by atoms with E-state index in [9.17, 15) is 8.42 Å². The van der Waals surface area contributed by atoms with Gasteiger partial charge < -0.3 is 20.5 Å². The molecule has 2 aromatic carbocycles. The zero-order valence-electron chi connectivity index (χ0n) is 21.4. The second-order valence-electron chi connectivity index (χ2n) is 9.78. The highest BCUT2D eigenvalue weighted by molar-refractivity contribution is 7.92. The maximum Gasteiger partial charge on any atom is 0.232 e. The van der Waals surface area contributed by atoms with Crippen molar-refractivity contribution in [3.05, 3.63) is 72.1 Å². The summed E-state index contributed by atoms with van der Waals surface area (Å²) >= 11 is 0. The molecular weight excluding hydrogens is 486 g/mol. The van der Waals surface area contributed by atoms with E-state index in [-0.39, 0.29) is 0 Å². The summed E-state index contributed by atoms with van der Waals surface area (Å²) in [5, 5.41) is 4.22. The minimum Gasteiger partial charge on any atom is -0.371 e. The lowest BCUT2D eigenvalue weighted by molar-refractivity contribution is 0.501. The maximum atomic E-state index is 12.2. The molecule has 0 aliphatic carbocycles. The summed E-state index contributed by atoms with van der Waals surface area (Å²) < 4.78 is 27.7. The Kier molecular flexibility index (Phi) is 6.78. The number of rotatable bonds is 7. The molecule has 0 saturated carbocycles. The number of nitrogens with two attached hydrogens (primary N) is 1. The molecule has 3 N–H and O–H groups in total. The minimum atomic E-state index is -3.39. The molecule has 0 amide bonds. The highest BCUT2D eigenvalue weighted by atomic mass is 32.2. The molecular formula is C27H33N7O2S. The summed E-state index contributed by atoms with van der Waals surface area (Å²) in [6.07, 6.45) is 6.99. The van der Waals surface area contributed by atoms with E-state index in [1.807, 2.05) is 54.1 Å². The Labute approximate surface area is 218 Å². The van der Waals surface area contributed by atoms with Gasteiger partial charge in [0.05, 0.1) is 18.5 Å². The molecule has 0 unspecified atom stereocenters. The number of sulfonamides is 1. The second kappa shape index (κ2) is 10.0. The van der Waals surface area contributed by atoms with Gasteiger partial charge in [0.2, 0.25) is 16.0 Å². The molecule has 1 aliphatic heterocycles.